The van der Waals surface area contributed by atoms with Crippen LogP contribution in [0.4, 0.5) is 0 Å². The summed E-state index contributed by atoms with van der Waals surface area (Å²) in [6.45, 7) is 14.6. The average molecular weight is 529 g/mol. The Morgan fingerprint density at radius 1 is 0.842 bits per heavy atom. The minimum absolute atomic E-state index is 0.0616. The molecule has 5 aliphatic rings. The summed E-state index contributed by atoms with van der Waals surface area (Å²) in [5.41, 5.74) is -1.38. The van der Waals surface area contributed by atoms with E-state index in [1.165, 1.54) is 18.9 Å². The van der Waals surface area contributed by atoms with Crippen LogP contribution in [0.3, 0.4) is 0 Å². The average Bonchev–Trinajstić information content (AvgIpc) is 2.80. The summed E-state index contributed by atoms with van der Waals surface area (Å²) in [5.74, 6) is -1.89. The number of allylic oxidation sites excluding steroid dienone is 1. The number of carboxylic acid groups (broad SMARTS) is 2. The first-order valence-electron chi connectivity index (χ1n) is 14.8. The smallest absolute Gasteiger partial charge is 0.314 e. The van der Waals surface area contributed by atoms with Gasteiger partial charge in [-0.05, 0) is 111 Å². The van der Waals surface area contributed by atoms with Crippen molar-refractivity contribution in [3.63, 3.8) is 0 Å². The second-order valence-electron chi connectivity index (χ2n) is 15.5. The van der Waals surface area contributed by atoms with Gasteiger partial charge in [0.15, 0.2) is 0 Å². The number of fused-ring (bicyclic) bond motifs is 7. The van der Waals surface area contributed by atoms with Gasteiger partial charge in [-0.2, -0.15) is 0 Å². The Balaban J connectivity index is 1.62. The minimum atomic E-state index is -1.20. The lowest BCUT2D eigenvalue weighted by Gasteiger charge is -2.70. The second-order valence-corrected chi connectivity index (χ2v) is 15.5. The highest BCUT2D eigenvalue weighted by atomic mass is 16.5. The van der Waals surface area contributed by atoms with Crippen LogP contribution in [0.25, 0.3) is 0 Å². The van der Waals surface area contributed by atoms with Gasteiger partial charge in [0.1, 0.15) is 11.5 Å². The van der Waals surface area contributed by atoms with Gasteiger partial charge >= 0.3 is 17.9 Å². The fourth-order valence-corrected chi connectivity index (χ4v) is 11.0. The van der Waals surface area contributed by atoms with Crippen LogP contribution in [0.5, 0.6) is 0 Å². The maximum absolute atomic E-state index is 13.6. The predicted molar refractivity (Wildman–Crippen MR) is 144 cm³/mol. The molecule has 0 bridgehead atoms. The van der Waals surface area contributed by atoms with Crippen molar-refractivity contribution in [1.82, 2.24) is 0 Å². The van der Waals surface area contributed by atoms with Gasteiger partial charge in [-0.3, -0.25) is 14.4 Å². The maximum Gasteiger partial charge on any atom is 0.314 e. The molecule has 38 heavy (non-hydrogen) atoms. The summed E-state index contributed by atoms with van der Waals surface area (Å²) in [6, 6.07) is 0. The Morgan fingerprint density at radius 3 is 2.11 bits per heavy atom. The van der Waals surface area contributed by atoms with Gasteiger partial charge in [-0.25, -0.2) is 0 Å². The van der Waals surface area contributed by atoms with Crippen LogP contribution in [-0.2, 0) is 19.1 Å². The third kappa shape index (κ3) is 3.39. The molecule has 212 valence electrons. The van der Waals surface area contributed by atoms with Crippen molar-refractivity contribution in [2.45, 2.75) is 119 Å². The monoisotopic (exact) mass is 528 g/mol. The lowest BCUT2D eigenvalue weighted by atomic mass is 9.33. The molecule has 2 N–H and O–H groups in total. The summed E-state index contributed by atoms with van der Waals surface area (Å²) >= 11 is 0. The van der Waals surface area contributed by atoms with E-state index in [1.807, 2.05) is 0 Å². The van der Waals surface area contributed by atoms with Crippen LogP contribution in [0.2, 0.25) is 0 Å². The van der Waals surface area contributed by atoms with E-state index < -0.39 is 40.3 Å². The van der Waals surface area contributed by atoms with Gasteiger partial charge in [0.2, 0.25) is 0 Å². The molecule has 0 aromatic carbocycles. The first-order chi connectivity index (χ1) is 17.5. The number of hydrogen-bond donors (Lipinski definition) is 2. The molecule has 0 spiro atoms. The third-order valence-corrected chi connectivity index (χ3v) is 13.2. The Hall–Kier alpha value is -1.85. The number of carboxylic acids is 2. The van der Waals surface area contributed by atoms with Crippen molar-refractivity contribution in [3.05, 3.63) is 11.6 Å². The van der Waals surface area contributed by atoms with E-state index in [2.05, 4.69) is 40.7 Å². The standard InChI is InChI=1S/C32H48O6/c1-19(33)38-24-11-12-29(5)22-9-8-20-21-18-27(2,3)14-15-28(21,4)16-17-32(20,26(36)37)30(22,6)13-10-23(29)31(24,7)25(34)35/h8,21-24H,9-18H2,1-7H3,(H,34,35)(H,36,37)/t21-,22+,23+,24+,28+,29+,30+,31-,32+/m0/s1. The number of aliphatic carboxylic acids is 2. The van der Waals surface area contributed by atoms with Gasteiger partial charge in [0.05, 0.1) is 5.41 Å². The Kier molecular flexibility index (Phi) is 6.07. The summed E-state index contributed by atoms with van der Waals surface area (Å²) in [7, 11) is 0. The number of hydrogen-bond acceptors (Lipinski definition) is 4. The van der Waals surface area contributed by atoms with Crippen molar-refractivity contribution in [3.8, 4) is 0 Å². The van der Waals surface area contributed by atoms with E-state index >= 15 is 0 Å². The zero-order valence-electron chi connectivity index (χ0n) is 24.5. The van der Waals surface area contributed by atoms with Gasteiger partial charge in [-0.1, -0.05) is 46.3 Å². The zero-order chi connectivity index (χ0) is 28.1. The zero-order valence-corrected chi connectivity index (χ0v) is 24.5. The van der Waals surface area contributed by atoms with Crippen LogP contribution in [-0.4, -0.2) is 34.2 Å². The fraction of sp³-hybridized carbons (Fsp3) is 0.844. The third-order valence-electron chi connectivity index (χ3n) is 13.2. The van der Waals surface area contributed by atoms with Crippen molar-refractivity contribution >= 4 is 17.9 Å². The predicted octanol–water partition coefficient (Wildman–Crippen LogP) is 6.87. The number of ether oxygens (including phenoxy) is 1. The van der Waals surface area contributed by atoms with E-state index in [4.69, 9.17) is 4.74 Å². The van der Waals surface area contributed by atoms with Crippen LogP contribution >= 0.6 is 0 Å². The molecule has 4 fully saturated rings. The van der Waals surface area contributed by atoms with Crippen molar-refractivity contribution in [1.29, 1.82) is 0 Å². The van der Waals surface area contributed by atoms with E-state index in [-0.39, 0.29) is 34.0 Å². The summed E-state index contributed by atoms with van der Waals surface area (Å²) in [4.78, 5) is 38.4. The van der Waals surface area contributed by atoms with Gasteiger partial charge < -0.3 is 14.9 Å². The normalized spacial score (nSPS) is 49.3. The molecule has 0 radical (unpaired) electrons. The van der Waals surface area contributed by atoms with E-state index in [0.717, 1.165) is 32.1 Å². The highest BCUT2D eigenvalue weighted by Crippen LogP contribution is 2.76. The lowest BCUT2D eigenvalue weighted by molar-refractivity contribution is -0.227. The lowest BCUT2D eigenvalue weighted by Crippen LogP contribution is -2.68. The quantitative estimate of drug-likeness (QED) is 0.306. The highest BCUT2D eigenvalue weighted by molar-refractivity contribution is 5.82. The SMILES string of the molecule is CC(=O)O[C@@H]1CC[C@@]2(C)[C@@H](CC[C@]3(C)[C@@H]2CC=C2[C@@H]4CC(C)(C)CC[C@]4(C)CC[C@]23C(=O)O)[C@]1(C)C(=O)O. The summed E-state index contributed by atoms with van der Waals surface area (Å²) in [6.07, 6.45) is 9.97. The molecular formula is C32H48O6. The van der Waals surface area contributed by atoms with Crippen LogP contribution in [0.15, 0.2) is 11.6 Å². The molecule has 0 aromatic heterocycles. The molecule has 5 rings (SSSR count). The first kappa shape index (κ1) is 27.7. The van der Waals surface area contributed by atoms with Crippen LogP contribution < -0.4 is 0 Å². The molecule has 5 aliphatic carbocycles. The van der Waals surface area contributed by atoms with Gasteiger partial charge in [0, 0.05) is 6.92 Å². The molecule has 0 amide bonds. The maximum atomic E-state index is 13.6. The van der Waals surface area contributed by atoms with Crippen molar-refractivity contribution in [2.75, 3.05) is 0 Å². The number of carbonyl (C=O) groups is 3. The Morgan fingerprint density at radius 2 is 1.50 bits per heavy atom. The van der Waals surface area contributed by atoms with Crippen molar-refractivity contribution in [2.24, 2.45) is 50.2 Å². The molecule has 6 heteroatoms. The minimum Gasteiger partial charge on any atom is -0.481 e. The first-order valence-corrected chi connectivity index (χ1v) is 14.8. The fourth-order valence-electron chi connectivity index (χ4n) is 11.0. The van der Waals surface area contributed by atoms with Crippen molar-refractivity contribution < 1.29 is 29.3 Å². The Labute approximate surface area is 228 Å². The largest absolute Gasteiger partial charge is 0.481 e. The summed E-state index contributed by atoms with van der Waals surface area (Å²) in [5, 5.41) is 21.7. The molecule has 0 aliphatic heterocycles. The number of rotatable bonds is 3. The van der Waals surface area contributed by atoms with Gasteiger partial charge in [0.25, 0.3) is 0 Å². The van der Waals surface area contributed by atoms with Crippen LogP contribution in [0.1, 0.15) is 113 Å². The highest BCUT2D eigenvalue weighted by Gasteiger charge is 2.73. The second kappa shape index (κ2) is 8.33. The molecular weight excluding hydrogens is 480 g/mol. The summed E-state index contributed by atoms with van der Waals surface area (Å²) < 4.78 is 5.63. The molecule has 0 unspecified atom stereocenters. The molecule has 9 atom stereocenters. The van der Waals surface area contributed by atoms with Gasteiger partial charge in [-0.15, -0.1) is 0 Å². The molecule has 0 heterocycles. The number of esters is 1. The van der Waals surface area contributed by atoms with Crippen LogP contribution in [0, 0.1) is 50.2 Å². The Bertz CT molecular complexity index is 1090. The molecule has 0 aromatic rings. The topological polar surface area (TPSA) is 101 Å². The number of carbonyl (C=O) groups excluding carboxylic acids is 1. The molecule has 0 saturated heterocycles. The van der Waals surface area contributed by atoms with E-state index in [1.54, 1.807) is 6.92 Å². The molecule has 6 nitrogen and oxygen atoms in total. The van der Waals surface area contributed by atoms with E-state index in [0.29, 0.717) is 25.7 Å². The van der Waals surface area contributed by atoms with E-state index in [9.17, 15) is 24.6 Å². The molecule has 4 saturated carbocycles.